The second-order valence-corrected chi connectivity index (χ2v) is 6.48. The van der Waals surface area contributed by atoms with Gasteiger partial charge in [-0.3, -0.25) is 0 Å². The van der Waals surface area contributed by atoms with Crippen LogP contribution in [0.4, 0.5) is 0 Å². The number of fused-ring (bicyclic) bond motifs is 5. The molecule has 0 spiro atoms. The van der Waals surface area contributed by atoms with E-state index in [0.29, 0.717) is 5.92 Å². The molecule has 2 aliphatic carbocycles. The first-order valence-electron chi connectivity index (χ1n) is 6.49. The van der Waals surface area contributed by atoms with E-state index in [-0.39, 0.29) is 0 Å². The van der Waals surface area contributed by atoms with E-state index in [9.17, 15) is 0 Å². The molecule has 0 nitrogen and oxygen atoms in total. The first-order valence-corrected chi connectivity index (χ1v) is 7.43. The molecule has 3 aliphatic rings. The number of benzene rings is 1. The maximum Gasteiger partial charge on any atom is 0.0194 e. The van der Waals surface area contributed by atoms with E-state index in [0.717, 1.165) is 23.0 Å². The van der Waals surface area contributed by atoms with E-state index in [2.05, 4.69) is 65.7 Å². The SMILES string of the molecule is C1=C[C@H](c2ccccc2)[C@H]2[C@@H](S1)[C@@H]1C=C[C@H]2C1. The number of hydrogen-bond donors (Lipinski definition) is 0. The lowest BCUT2D eigenvalue weighted by atomic mass is 9.78. The summed E-state index contributed by atoms with van der Waals surface area (Å²) < 4.78 is 0. The quantitative estimate of drug-likeness (QED) is 0.662. The molecule has 1 heterocycles. The highest BCUT2D eigenvalue weighted by Crippen LogP contribution is 2.56. The summed E-state index contributed by atoms with van der Waals surface area (Å²) in [7, 11) is 0. The Morgan fingerprint density at radius 1 is 0.941 bits per heavy atom. The first kappa shape index (κ1) is 10.0. The lowest BCUT2D eigenvalue weighted by Crippen LogP contribution is -2.29. The topological polar surface area (TPSA) is 0 Å². The molecule has 1 aromatic rings. The molecule has 1 heteroatoms. The van der Waals surface area contributed by atoms with E-state index in [1.54, 1.807) is 0 Å². The molecule has 0 unspecified atom stereocenters. The monoisotopic (exact) mass is 240 g/mol. The van der Waals surface area contributed by atoms with Gasteiger partial charge in [0.2, 0.25) is 0 Å². The molecule has 0 amide bonds. The number of rotatable bonds is 1. The summed E-state index contributed by atoms with van der Waals surface area (Å²) >= 11 is 2.06. The van der Waals surface area contributed by atoms with Crippen LogP contribution >= 0.6 is 11.8 Å². The van der Waals surface area contributed by atoms with Gasteiger partial charge in [-0.05, 0) is 35.1 Å². The molecule has 17 heavy (non-hydrogen) atoms. The average molecular weight is 240 g/mol. The molecule has 1 saturated carbocycles. The minimum absolute atomic E-state index is 0.641. The fraction of sp³-hybridized carbons (Fsp3) is 0.375. The predicted molar refractivity (Wildman–Crippen MR) is 73.9 cm³/mol. The van der Waals surface area contributed by atoms with Crippen LogP contribution in [0.2, 0.25) is 0 Å². The molecule has 0 saturated heterocycles. The number of allylic oxidation sites excluding steroid dienone is 3. The number of thioether (sulfide) groups is 1. The zero-order chi connectivity index (χ0) is 11.2. The summed E-state index contributed by atoms with van der Waals surface area (Å²) in [6.45, 7) is 0. The Morgan fingerprint density at radius 2 is 1.76 bits per heavy atom. The summed E-state index contributed by atoms with van der Waals surface area (Å²) in [5.74, 6) is 3.14. The summed E-state index contributed by atoms with van der Waals surface area (Å²) in [5.41, 5.74) is 1.50. The fourth-order valence-electron chi connectivity index (χ4n) is 3.83. The van der Waals surface area contributed by atoms with Crippen LogP contribution in [0, 0.1) is 17.8 Å². The van der Waals surface area contributed by atoms with Gasteiger partial charge in [0.15, 0.2) is 0 Å². The summed E-state index contributed by atoms with van der Waals surface area (Å²) in [6, 6.07) is 11.0. The van der Waals surface area contributed by atoms with Crippen molar-refractivity contribution >= 4 is 11.8 Å². The van der Waals surface area contributed by atoms with Crippen molar-refractivity contribution in [2.75, 3.05) is 0 Å². The van der Waals surface area contributed by atoms with Crippen molar-refractivity contribution in [3.63, 3.8) is 0 Å². The highest BCUT2D eigenvalue weighted by Gasteiger charge is 2.48. The van der Waals surface area contributed by atoms with Gasteiger partial charge in [-0.2, -0.15) is 0 Å². The molecule has 1 aromatic carbocycles. The molecule has 1 fully saturated rings. The lowest BCUT2D eigenvalue weighted by Gasteiger charge is -2.35. The highest BCUT2D eigenvalue weighted by atomic mass is 32.2. The highest BCUT2D eigenvalue weighted by molar-refractivity contribution is 8.02. The largest absolute Gasteiger partial charge is 0.130 e. The van der Waals surface area contributed by atoms with E-state index < -0.39 is 0 Å². The summed E-state index contributed by atoms with van der Waals surface area (Å²) in [5, 5.41) is 3.17. The third-order valence-corrected chi connectivity index (χ3v) is 5.86. The molecular formula is C16H16S. The van der Waals surface area contributed by atoms with Gasteiger partial charge in [0, 0.05) is 11.2 Å². The third-order valence-electron chi connectivity index (χ3n) is 4.57. The smallest absolute Gasteiger partial charge is 0.0194 e. The van der Waals surface area contributed by atoms with Gasteiger partial charge >= 0.3 is 0 Å². The Morgan fingerprint density at radius 3 is 2.65 bits per heavy atom. The molecule has 4 rings (SSSR count). The molecule has 1 aliphatic heterocycles. The molecule has 5 atom stereocenters. The Labute approximate surface area is 107 Å². The zero-order valence-electron chi connectivity index (χ0n) is 9.70. The van der Waals surface area contributed by atoms with Crippen molar-refractivity contribution in [2.24, 2.45) is 17.8 Å². The minimum atomic E-state index is 0.641. The van der Waals surface area contributed by atoms with Gasteiger partial charge in [0.05, 0.1) is 0 Å². The van der Waals surface area contributed by atoms with E-state index in [1.165, 1.54) is 12.0 Å². The van der Waals surface area contributed by atoms with Crippen LogP contribution in [-0.2, 0) is 0 Å². The molecule has 0 aromatic heterocycles. The van der Waals surface area contributed by atoms with Crippen molar-refractivity contribution in [1.29, 1.82) is 0 Å². The second-order valence-electron chi connectivity index (χ2n) is 5.39. The number of hydrogen-bond acceptors (Lipinski definition) is 1. The Kier molecular flexibility index (Phi) is 2.23. The van der Waals surface area contributed by atoms with Gasteiger partial charge in [-0.15, -0.1) is 11.8 Å². The van der Waals surface area contributed by atoms with Crippen LogP contribution in [-0.4, -0.2) is 5.25 Å². The normalized spacial score (nSPS) is 41.8. The standard InChI is InChI=1S/C16H16S/c1-2-4-11(5-3-1)14-8-9-17-16-13-7-6-12(10-13)15(14)16/h1-9,12-16H,10H2/t12-,13+,14+,15-,16-/m0/s1. The molecule has 2 bridgehead atoms. The Hall–Kier alpha value is -0.950. The van der Waals surface area contributed by atoms with Gasteiger partial charge in [-0.25, -0.2) is 0 Å². The van der Waals surface area contributed by atoms with Crippen LogP contribution in [0.5, 0.6) is 0 Å². The van der Waals surface area contributed by atoms with Crippen LogP contribution < -0.4 is 0 Å². The maximum absolute atomic E-state index is 2.47. The van der Waals surface area contributed by atoms with Crippen molar-refractivity contribution < 1.29 is 0 Å². The van der Waals surface area contributed by atoms with Crippen LogP contribution in [0.1, 0.15) is 17.9 Å². The second kappa shape index (κ2) is 3.78. The first-order chi connectivity index (χ1) is 8.43. The molecule has 0 N–H and O–H groups in total. The van der Waals surface area contributed by atoms with Crippen molar-refractivity contribution in [2.45, 2.75) is 17.6 Å². The predicted octanol–water partition coefficient (Wildman–Crippen LogP) is 4.22. The Bertz CT molecular complexity index is 474. The fourth-order valence-corrected chi connectivity index (χ4v) is 5.23. The Balaban J connectivity index is 1.74. The van der Waals surface area contributed by atoms with Gasteiger partial charge in [0.1, 0.15) is 0 Å². The molecule has 0 radical (unpaired) electrons. The van der Waals surface area contributed by atoms with Crippen molar-refractivity contribution in [3.8, 4) is 0 Å². The lowest BCUT2D eigenvalue weighted by molar-refractivity contribution is 0.414. The summed E-state index contributed by atoms with van der Waals surface area (Å²) in [6.07, 6.45) is 8.75. The van der Waals surface area contributed by atoms with Crippen LogP contribution in [0.15, 0.2) is 54.0 Å². The van der Waals surface area contributed by atoms with Crippen LogP contribution in [0.3, 0.4) is 0 Å². The van der Waals surface area contributed by atoms with E-state index in [1.807, 2.05) is 0 Å². The van der Waals surface area contributed by atoms with Gasteiger partial charge in [-0.1, -0.05) is 48.6 Å². The molecular weight excluding hydrogens is 224 g/mol. The van der Waals surface area contributed by atoms with Crippen molar-refractivity contribution in [3.05, 3.63) is 59.5 Å². The maximum atomic E-state index is 2.47. The minimum Gasteiger partial charge on any atom is -0.130 e. The third kappa shape index (κ3) is 1.45. The van der Waals surface area contributed by atoms with E-state index in [4.69, 9.17) is 0 Å². The average Bonchev–Trinajstić information content (AvgIpc) is 3.01. The molecule has 86 valence electrons. The van der Waals surface area contributed by atoms with Crippen molar-refractivity contribution in [1.82, 2.24) is 0 Å². The zero-order valence-corrected chi connectivity index (χ0v) is 10.5. The summed E-state index contributed by atoms with van der Waals surface area (Å²) in [4.78, 5) is 0. The van der Waals surface area contributed by atoms with Gasteiger partial charge < -0.3 is 0 Å². The van der Waals surface area contributed by atoms with E-state index >= 15 is 0 Å². The van der Waals surface area contributed by atoms with Crippen LogP contribution in [0.25, 0.3) is 0 Å². The van der Waals surface area contributed by atoms with Gasteiger partial charge in [0.25, 0.3) is 0 Å².